The van der Waals surface area contributed by atoms with E-state index in [1.165, 1.54) is 43.6 Å². The topological polar surface area (TPSA) is 86.2 Å². The van der Waals surface area contributed by atoms with E-state index in [0.717, 1.165) is 17.5 Å². The van der Waals surface area contributed by atoms with Gasteiger partial charge in [0.1, 0.15) is 4.21 Å². The van der Waals surface area contributed by atoms with Crippen LogP contribution in [0.1, 0.15) is 9.67 Å². The van der Waals surface area contributed by atoms with Crippen molar-refractivity contribution in [2.75, 3.05) is 7.11 Å². The summed E-state index contributed by atoms with van der Waals surface area (Å²) in [5.41, 5.74) is 0.0976. The van der Waals surface area contributed by atoms with Crippen LogP contribution >= 0.6 is 11.3 Å². The van der Waals surface area contributed by atoms with Crippen LogP contribution in [0.2, 0.25) is 0 Å². The van der Waals surface area contributed by atoms with Crippen LogP contribution < -0.4 is 4.74 Å². The highest BCUT2D eigenvalue weighted by atomic mass is 32.2. The highest BCUT2D eigenvalue weighted by Crippen LogP contribution is 2.38. The van der Waals surface area contributed by atoms with E-state index in [2.05, 4.69) is 9.97 Å². The van der Waals surface area contributed by atoms with Gasteiger partial charge in [-0.2, -0.15) is 4.39 Å². The van der Waals surface area contributed by atoms with E-state index in [4.69, 9.17) is 4.74 Å². The molecular weight excluding hydrogens is 367 g/mol. The van der Waals surface area contributed by atoms with Crippen LogP contribution in [0.4, 0.5) is 4.39 Å². The van der Waals surface area contributed by atoms with Gasteiger partial charge in [0.15, 0.2) is 6.29 Å². The second-order valence-corrected chi connectivity index (χ2v) is 8.08. The van der Waals surface area contributed by atoms with E-state index in [1.54, 1.807) is 0 Å². The largest absolute Gasteiger partial charge is 0.481 e. The van der Waals surface area contributed by atoms with Gasteiger partial charge in [-0.15, -0.1) is 11.3 Å². The average molecular weight is 378 g/mol. The van der Waals surface area contributed by atoms with Crippen LogP contribution in [0.5, 0.6) is 5.88 Å². The van der Waals surface area contributed by atoms with Gasteiger partial charge in [0, 0.05) is 29.6 Å². The Labute approximate surface area is 146 Å². The van der Waals surface area contributed by atoms with Crippen molar-refractivity contribution in [2.45, 2.75) is 9.10 Å². The molecule has 0 amide bonds. The minimum Gasteiger partial charge on any atom is -0.481 e. The monoisotopic (exact) mass is 378 g/mol. The molecule has 0 N–H and O–H groups in total. The van der Waals surface area contributed by atoms with Gasteiger partial charge in [0.25, 0.3) is 0 Å². The van der Waals surface area contributed by atoms with Gasteiger partial charge in [-0.05, 0) is 24.3 Å². The lowest BCUT2D eigenvalue weighted by molar-refractivity contribution is 0.112. The molecular formula is C16H11FN2O4S2. The standard InChI is InChI=1S/C16H11FN2O4S2/c1-23-14-5-4-11(8-19-14)25(21,22)16-13(7-10(9-20)24-16)12-3-2-6-18-15(12)17/h2-9H,1H3. The third-order valence-corrected chi connectivity index (χ3v) is 6.69. The Bertz CT molecular complexity index is 1030. The van der Waals surface area contributed by atoms with Crippen LogP contribution in [0.3, 0.4) is 0 Å². The van der Waals surface area contributed by atoms with E-state index in [-0.39, 0.29) is 31.0 Å². The summed E-state index contributed by atoms with van der Waals surface area (Å²) in [5.74, 6) is -0.556. The van der Waals surface area contributed by atoms with E-state index in [1.807, 2.05) is 0 Å². The molecule has 9 heteroatoms. The Kier molecular flexibility index (Phi) is 4.60. The molecule has 0 fully saturated rings. The number of hydrogen-bond acceptors (Lipinski definition) is 7. The first-order valence-corrected chi connectivity index (χ1v) is 9.22. The molecule has 0 aliphatic heterocycles. The number of hydrogen-bond donors (Lipinski definition) is 0. The summed E-state index contributed by atoms with van der Waals surface area (Å²) in [6.45, 7) is 0. The molecule has 0 saturated carbocycles. The lowest BCUT2D eigenvalue weighted by atomic mass is 10.1. The summed E-state index contributed by atoms with van der Waals surface area (Å²) >= 11 is 0.765. The Morgan fingerprint density at radius 2 is 2.00 bits per heavy atom. The molecule has 25 heavy (non-hydrogen) atoms. The quantitative estimate of drug-likeness (QED) is 0.501. The summed E-state index contributed by atoms with van der Waals surface area (Å²) in [4.78, 5) is 18.6. The fraction of sp³-hybridized carbons (Fsp3) is 0.0625. The number of thiophene rings is 1. The molecule has 128 valence electrons. The lowest BCUT2D eigenvalue weighted by Crippen LogP contribution is -2.03. The number of aromatic nitrogens is 2. The number of carbonyl (C=O) groups excluding carboxylic acids is 1. The Morgan fingerprint density at radius 3 is 2.60 bits per heavy atom. The Morgan fingerprint density at radius 1 is 1.20 bits per heavy atom. The zero-order valence-electron chi connectivity index (χ0n) is 12.8. The number of nitrogens with zero attached hydrogens (tertiary/aromatic N) is 2. The van der Waals surface area contributed by atoms with E-state index >= 15 is 0 Å². The lowest BCUT2D eigenvalue weighted by Gasteiger charge is -2.07. The number of rotatable bonds is 5. The smallest absolute Gasteiger partial charge is 0.220 e. The number of carbonyl (C=O) groups is 1. The van der Waals surface area contributed by atoms with Crippen LogP contribution in [0.15, 0.2) is 51.8 Å². The van der Waals surface area contributed by atoms with Crippen LogP contribution in [-0.4, -0.2) is 31.8 Å². The predicted octanol–water partition coefficient (Wildman–Crippen LogP) is 3.00. The van der Waals surface area contributed by atoms with Crippen molar-refractivity contribution in [3.63, 3.8) is 0 Å². The summed E-state index contributed by atoms with van der Waals surface area (Å²) in [6, 6.07) is 6.98. The van der Waals surface area contributed by atoms with Gasteiger partial charge in [0.05, 0.1) is 16.9 Å². The molecule has 3 aromatic heterocycles. The Balaban J connectivity index is 2.20. The van der Waals surface area contributed by atoms with Gasteiger partial charge in [-0.25, -0.2) is 18.4 Å². The molecule has 0 aliphatic rings. The van der Waals surface area contributed by atoms with Crippen LogP contribution in [0, 0.1) is 5.95 Å². The van der Waals surface area contributed by atoms with Crippen molar-refractivity contribution >= 4 is 27.5 Å². The van der Waals surface area contributed by atoms with Crippen molar-refractivity contribution in [3.8, 4) is 17.0 Å². The number of ether oxygens (including phenoxy) is 1. The molecule has 3 heterocycles. The minimum atomic E-state index is -4.00. The maximum absolute atomic E-state index is 14.0. The van der Waals surface area contributed by atoms with E-state index in [0.29, 0.717) is 6.29 Å². The number of halogens is 1. The molecule has 0 radical (unpaired) electrons. The Hall–Kier alpha value is -2.65. The van der Waals surface area contributed by atoms with Crippen molar-refractivity contribution < 1.29 is 22.3 Å². The molecule has 0 unspecified atom stereocenters. The van der Waals surface area contributed by atoms with Crippen LogP contribution in [0.25, 0.3) is 11.1 Å². The average Bonchev–Trinajstić information content (AvgIpc) is 3.07. The van der Waals surface area contributed by atoms with E-state index in [9.17, 15) is 17.6 Å². The molecule has 0 bridgehead atoms. The fourth-order valence-electron chi connectivity index (χ4n) is 2.18. The summed E-state index contributed by atoms with van der Waals surface area (Å²) in [7, 11) is -2.59. The summed E-state index contributed by atoms with van der Waals surface area (Å²) in [6.07, 6.45) is 2.93. The molecule has 0 atom stereocenters. The number of pyridine rings is 2. The first-order valence-electron chi connectivity index (χ1n) is 6.92. The molecule has 0 aromatic carbocycles. The number of sulfone groups is 1. The maximum Gasteiger partial charge on any atom is 0.220 e. The molecule has 6 nitrogen and oxygen atoms in total. The molecule has 0 spiro atoms. The van der Waals surface area contributed by atoms with Gasteiger partial charge < -0.3 is 4.74 Å². The first kappa shape index (κ1) is 17.2. The van der Waals surface area contributed by atoms with Crippen molar-refractivity contribution in [1.29, 1.82) is 0 Å². The van der Waals surface area contributed by atoms with Crippen molar-refractivity contribution in [1.82, 2.24) is 9.97 Å². The first-order chi connectivity index (χ1) is 12.0. The minimum absolute atomic E-state index is 0.00639. The highest BCUT2D eigenvalue weighted by Gasteiger charge is 2.27. The second-order valence-electron chi connectivity index (χ2n) is 4.85. The fourth-order valence-corrected chi connectivity index (χ4v) is 5.02. The summed E-state index contributed by atoms with van der Waals surface area (Å²) < 4.78 is 44.7. The zero-order chi connectivity index (χ0) is 18.0. The molecule has 0 aliphatic carbocycles. The molecule has 0 saturated heterocycles. The van der Waals surface area contributed by atoms with Crippen molar-refractivity contribution in [2.24, 2.45) is 0 Å². The third kappa shape index (κ3) is 3.15. The van der Waals surface area contributed by atoms with E-state index < -0.39 is 15.8 Å². The van der Waals surface area contributed by atoms with Crippen molar-refractivity contribution in [3.05, 3.63) is 53.6 Å². The normalized spacial score (nSPS) is 11.3. The maximum atomic E-state index is 14.0. The number of methoxy groups -OCH3 is 1. The van der Waals surface area contributed by atoms with Gasteiger partial charge in [-0.3, -0.25) is 4.79 Å². The SMILES string of the molecule is COc1ccc(S(=O)(=O)c2sc(C=O)cc2-c2cccnc2F)cn1. The van der Waals surface area contributed by atoms with Gasteiger partial charge in [-0.1, -0.05) is 0 Å². The third-order valence-electron chi connectivity index (χ3n) is 3.36. The van der Waals surface area contributed by atoms with Crippen LogP contribution in [-0.2, 0) is 9.84 Å². The highest BCUT2D eigenvalue weighted by molar-refractivity contribution is 7.93. The zero-order valence-corrected chi connectivity index (χ0v) is 14.5. The van der Waals surface area contributed by atoms with Gasteiger partial charge in [0.2, 0.25) is 21.7 Å². The molecule has 3 rings (SSSR count). The summed E-state index contributed by atoms with van der Waals surface area (Å²) in [5, 5.41) is 0. The van der Waals surface area contributed by atoms with Gasteiger partial charge >= 0.3 is 0 Å². The molecule has 3 aromatic rings. The number of aldehydes is 1. The predicted molar refractivity (Wildman–Crippen MR) is 89.1 cm³/mol. The second kappa shape index (κ2) is 6.69.